The van der Waals surface area contributed by atoms with Crippen molar-refractivity contribution in [3.05, 3.63) is 0 Å². The Morgan fingerprint density at radius 1 is 1.43 bits per heavy atom. The summed E-state index contributed by atoms with van der Waals surface area (Å²) in [7, 11) is 1.79. The summed E-state index contributed by atoms with van der Waals surface area (Å²) in [6.45, 7) is 3.57. The number of carbonyl (C=O) groups excluding carboxylic acids is 1. The molecule has 4 nitrogen and oxygen atoms in total. The largest absolute Gasteiger partial charge is 0.396 e. The van der Waals surface area contributed by atoms with Gasteiger partial charge >= 0.3 is 0 Å². The van der Waals surface area contributed by atoms with Gasteiger partial charge in [-0.3, -0.25) is 4.79 Å². The quantitative estimate of drug-likeness (QED) is 0.589. The summed E-state index contributed by atoms with van der Waals surface area (Å²) in [6.07, 6.45) is 2.70. The molecule has 0 aromatic heterocycles. The van der Waals surface area contributed by atoms with Crippen LogP contribution in [0.25, 0.3) is 0 Å². The average Bonchev–Trinajstić information content (AvgIpc) is 2.20. The number of hydrogen-bond acceptors (Lipinski definition) is 3. The highest BCUT2D eigenvalue weighted by Crippen LogP contribution is 1.93. The van der Waals surface area contributed by atoms with Crippen molar-refractivity contribution in [1.82, 2.24) is 4.90 Å². The number of hydrogen-bond donors (Lipinski definition) is 1. The zero-order valence-corrected chi connectivity index (χ0v) is 9.16. The second kappa shape index (κ2) is 8.97. The number of rotatable bonds is 8. The van der Waals surface area contributed by atoms with Crippen LogP contribution in [0.2, 0.25) is 0 Å². The van der Waals surface area contributed by atoms with E-state index in [1.165, 1.54) is 0 Å². The van der Waals surface area contributed by atoms with Crippen LogP contribution in [-0.2, 0) is 9.53 Å². The fourth-order valence-electron chi connectivity index (χ4n) is 0.956. The molecule has 0 bridgehead atoms. The standard InChI is InChI=1S/C10H21NO3/c1-3-4-6-11(2)10(13)9-14-8-5-7-12/h12H,3-9H2,1-2H3. The molecule has 0 aliphatic heterocycles. The molecule has 1 N–H and O–H groups in total. The molecule has 14 heavy (non-hydrogen) atoms. The fraction of sp³-hybridized carbons (Fsp3) is 0.900. The van der Waals surface area contributed by atoms with Gasteiger partial charge in [-0.25, -0.2) is 0 Å². The number of likely N-dealkylation sites (N-methyl/N-ethyl adjacent to an activating group) is 1. The average molecular weight is 203 g/mol. The summed E-state index contributed by atoms with van der Waals surface area (Å²) in [4.78, 5) is 13.0. The van der Waals surface area contributed by atoms with E-state index in [2.05, 4.69) is 6.92 Å². The Hall–Kier alpha value is -0.610. The van der Waals surface area contributed by atoms with Crippen molar-refractivity contribution in [2.24, 2.45) is 0 Å². The Bertz CT molecular complexity index is 150. The van der Waals surface area contributed by atoms with Crippen molar-refractivity contribution < 1.29 is 14.6 Å². The van der Waals surface area contributed by atoms with Crippen molar-refractivity contribution in [2.75, 3.05) is 33.4 Å². The van der Waals surface area contributed by atoms with Crippen LogP contribution in [0.4, 0.5) is 0 Å². The Morgan fingerprint density at radius 3 is 2.71 bits per heavy atom. The number of amides is 1. The second-order valence-corrected chi connectivity index (χ2v) is 3.30. The zero-order chi connectivity index (χ0) is 10.8. The monoisotopic (exact) mass is 203 g/mol. The van der Waals surface area contributed by atoms with Gasteiger partial charge in [-0.2, -0.15) is 0 Å². The molecular weight excluding hydrogens is 182 g/mol. The van der Waals surface area contributed by atoms with Gasteiger partial charge in [-0.15, -0.1) is 0 Å². The van der Waals surface area contributed by atoms with E-state index in [1.54, 1.807) is 11.9 Å². The van der Waals surface area contributed by atoms with Crippen molar-refractivity contribution in [3.63, 3.8) is 0 Å². The van der Waals surface area contributed by atoms with E-state index in [0.717, 1.165) is 19.4 Å². The lowest BCUT2D eigenvalue weighted by Gasteiger charge is -2.16. The summed E-state index contributed by atoms with van der Waals surface area (Å²) < 4.78 is 5.09. The lowest BCUT2D eigenvalue weighted by molar-refractivity contribution is -0.135. The van der Waals surface area contributed by atoms with Crippen LogP contribution in [0.5, 0.6) is 0 Å². The molecule has 0 aliphatic rings. The maximum Gasteiger partial charge on any atom is 0.248 e. The van der Waals surface area contributed by atoms with Crippen LogP contribution in [-0.4, -0.2) is 49.3 Å². The number of nitrogens with zero attached hydrogens (tertiary/aromatic N) is 1. The lowest BCUT2D eigenvalue weighted by atomic mass is 10.3. The van der Waals surface area contributed by atoms with Gasteiger partial charge in [0, 0.05) is 26.8 Å². The molecule has 84 valence electrons. The van der Waals surface area contributed by atoms with E-state index >= 15 is 0 Å². The minimum Gasteiger partial charge on any atom is -0.396 e. The summed E-state index contributed by atoms with van der Waals surface area (Å²) in [6, 6.07) is 0. The van der Waals surface area contributed by atoms with Gasteiger partial charge in [0.1, 0.15) is 6.61 Å². The Kier molecular flexibility index (Phi) is 8.57. The van der Waals surface area contributed by atoms with Gasteiger partial charge in [-0.1, -0.05) is 13.3 Å². The molecule has 0 unspecified atom stereocenters. The lowest BCUT2D eigenvalue weighted by Crippen LogP contribution is -2.31. The van der Waals surface area contributed by atoms with Crippen molar-refractivity contribution in [1.29, 1.82) is 0 Å². The van der Waals surface area contributed by atoms with Crippen molar-refractivity contribution >= 4 is 5.91 Å². The molecule has 0 saturated heterocycles. The Morgan fingerprint density at radius 2 is 2.14 bits per heavy atom. The highest BCUT2D eigenvalue weighted by molar-refractivity contribution is 5.77. The number of unbranched alkanes of at least 4 members (excludes halogenated alkanes) is 1. The van der Waals surface area contributed by atoms with E-state index in [1.807, 2.05) is 0 Å². The summed E-state index contributed by atoms with van der Waals surface area (Å²) in [5.74, 6) is 0.0105. The first-order valence-electron chi connectivity index (χ1n) is 5.15. The maximum atomic E-state index is 11.4. The first kappa shape index (κ1) is 13.4. The zero-order valence-electron chi connectivity index (χ0n) is 9.16. The van der Waals surface area contributed by atoms with Crippen LogP contribution < -0.4 is 0 Å². The van der Waals surface area contributed by atoms with E-state index in [9.17, 15) is 4.79 Å². The minimum atomic E-state index is 0.0105. The predicted octanol–water partition coefficient (Wildman–Crippen LogP) is 0.644. The molecule has 1 amide bonds. The predicted molar refractivity (Wildman–Crippen MR) is 55.1 cm³/mol. The van der Waals surface area contributed by atoms with Gasteiger partial charge < -0.3 is 14.7 Å². The molecule has 0 aliphatic carbocycles. The first-order valence-corrected chi connectivity index (χ1v) is 5.15. The molecule has 0 atom stereocenters. The third-order valence-corrected chi connectivity index (χ3v) is 1.95. The summed E-state index contributed by atoms with van der Waals surface area (Å²) in [5, 5.41) is 8.48. The van der Waals surface area contributed by atoms with Gasteiger partial charge in [0.05, 0.1) is 0 Å². The molecular formula is C10H21NO3. The van der Waals surface area contributed by atoms with Gasteiger partial charge in [0.2, 0.25) is 5.91 Å². The fourth-order valence-corrected chi connectivity index (χ4v) is 0.956. The SMILES string of the molecule is CCCCN(C)C(=O)COCCCO. The number of carbonyl (C=O) groups is 1. The highest BCUT2D eigenvalue weighted by Gasteiger charge is 2.07. The minimum absolute atomic E-state index is 0.0105. The van der Waals surface area contributed by atoms with Gasteiger partial charge in [0.15, 0.2) is 0 Å². The molecule has 0 spiro atoms. The number of aliphatic hydroxyl groups excluding tert-OH is 1. The molecule has 0 rings (SSSR count). The van der Waals surface area contributed by atoms with Crippen LogP contribution in [0.1, 0.15) is 26.2 Å². The smallest absolute Gasteiger partial charge is 0.248 e. The molecule has 0 aromatic carbocycles. The van der Waals surface area contributed by atoms with Gasteiger partial charge in [-0.05, 0) is 12.8 Å². The normalized spacial score (nSPS) is 10.2. The topological polar surface area (TPSA) is 49.8 Å². The van der Waals surface area contributed by atoms with E-state index in [4.69, 9.17) is 9.84 Å². The molecule has 0 radical (unpaired) electrons. The van der Waals surface area contributed by atoms with Crippen LogP contribution in [0.15, 0.2) is 0 Å². The van der Waals surface area contributed by atoms with Crippen LogP contribution in [0, 0.1) is 0 Å². The number of ether oxygens (including phenoxy) is 1. The molecule has 0 saturated carbocycles. The summed E-state index contributed by atoms with van der Waals surface area (Å²) >= 11 is 0. The van der Waals surface area contributed by atoms with Crippen LogP contribution >= 0.6 is 0 Å². The van der Waals surface area contributed by atoms with E-state index in [0.29, 0.717) is 13.0 Å². The maximum absolute atomic E-state index is 11.4. The summed E-state index contributed by atoms with van der Waals surface area (Å²) in [5.41, 5.74) is 0. The molecule has 0 fully saturated rings. The van der Waals surface area contributed by atoms with E-state index in [-0.39, 0.29) is 19.1 Å². The molecule has 0 aromatic rings. The van der Waals surface area contributed by atoms with Crippen LogP contribution in [0.3, 0.4) is 0 Å². The highest BCUT2D eigenvalue weighted by atomic mass is 16.5. The third kappa shape index (κ3) is 6.86. The molecule has 0 heterocycles. The van der Waals surface area contributed by atoms with Crippen molar-refractivity contribution in [3.8, 4) is 0 Å². The Labute approximate surface area is 85.9 Å². The Balaban J connectivity index is 3.42. The molecule has 4 heteroatoms. The second-order valence-electron chi connectivity index (χ2n) is 3.30. The third-order valence-electron chi connectivity index (χ3n) is 1.95. The van der Waals surface area contributed by atoms with Gasteiger partial charge in [0.25, 0.3) is 0 Å². The number of aliphatic hydroxyl groups is 1. The van der Waals surface area contributed by atoms with E-state index < -0.39 is 0 Å². The van der Waals surface area contributed by atoms with Crippen molar-refractivity contribution in [2.45, 2.75) is 26.2 Å². The first-order chi connectivity index (χ1) is 6.72.